The van der Waals surface area contributed by atoms with Crippen LogP contribution in [0.5, 0.6) is 0 Å². The normalized spacial score (nSPS) is 39.4. The molecule has 4 heterocycles. The Hall–Kier alpha value is -0.875. The van der Waals surface area contributed by atoms with E-state index in [2.05, 4.69) is 27.9 Å². The van der Waals surface area contributed by atoms with Crippen LogP contribution in [0.25, 0.3) is 0 Å². The molecule has 0 aromatic carbocycles. The van der Waals surface area contributed by atoms with Gasteiger partial charge < -0.3 is 0 Å². The molecule has 2 fully saturated rings. The van der Waals surface area contributed by atoms with Crippen molar-refractivity contribution < 1.29 is 23.8 Å². The van der Waals surface area contributed by atoms with Crippen LogP contribution in [0.15, 0.2) is 6.33 Å². The van der Waals surface area contributed by atoms with Crippen LogP contribution in [0.3, 0.4) is 0 Å². The molecule has 23 heavy (non-hydrogen) atoms. The quantitative estimate of drug-likeness (QED) is 0.218. The molecule has 0 bridgehead atoms. The predicted octanol–water partition coefficient (Wildman–Crippen LogP) is -1.96. The molecule has 2 saturated heterocycles. The number of aliphatic hydroxyl groups excluding tert-OH is 1. The molecule has 1 aromatic heterocycles. The van der Waals surface area contributed by atoms with Crippen molar-refractivity contribution in [2.24, 2.45) is 0 Å². The summed E-state index contributed by atoms with van der Waals surface area (Å²) in [6.45, 7) is 0.161. The molecule has 4 rings (SSSR count). The first-order valence-electron chi connectivity index (χ1n) is 7.08. The van der Waals surface area contributed by atoms with Crippen LogP contribution < -0.4 is 16.0 Å². The van der Waals surface area contributed by atoms with Crippen LogP contribution in [0.1, 0.15) is 0 Å². The molecular weight excluding hydrogens is 344 g/mol. The monoisotopic (exact) mass is 361 g/mol. The van der Waals surface area contributed by atoms with Crippen molar-refractivity contribution >= 4 is 45.3 Å². The van der Waals surface area contributed by atoms with Crippen molar-refractivity contribution in [2.75, 3.05) is 22.6 Å². The van der Waals surface area contributed by atoms with Crippen LogP contribution >= 0.6 is 20.5 Å². The molecule has 3 aliphatic heterocycles. The van der Waals surface area contributed by atoms with Gasteiger partial charge in [-0.25, -0.2) is 0 Å². The van der Waals surface area contributed by atoms with Gasteiger partial charge in [-0.05, 0) is 0 Å². The first kappa shape index (κ1) is 15.6. The molecule has 126 valence electrons. The number of aromatic nitrogens is 2. The third kappa shape index (κ3) is 2.45. The SMILES string of the molecule is B[PH]1(O)OCC2OC(N3c4ncnc(N)c4NC3S)C(O)[C@@H]2O1. The molecule has 0 amide bonds. The second kappa shape index (κ2) is 5.31. The Balaban J connectivity index is 1.64. The summed E-state index contributed by atoms with van der Waals surface area (Å²) in [5.41, 5.74) is 5.87. The van der Waals surface area contributed by atoms with E-state index < -0.39 is 37.9 Å². The number of nitrogens with one attached hydrogen (secondary N) is 1. The van der Waals surface area contributed by atoms with Crippen LogP contribution in [0, 0.1) is 0 Å². The van der Waals surface area contributed by atoms with Gasteiger partial charge in [0.05, 0.1) is 0 Å². The number of thiol groups is 1. The Bertz CT molecular complexity index is 644. The number of fused-ring (bicyclic) bond motifs is 2. The van der Waals surface area contributed by atoms with Gasteiger partial charge in [0.2, 0.25) is 0 Å². The summed E-state index contributed by atoms with van der Waals surface area (Å²) in [6.07, 6.45) is -1.57. The zero-order chi connectivity index (χ0) is 16.4. The number of nitrogens with two attached hydrogens (primary N) is 1. The Morgan fingerprint density at radius 1 is 1.52 bits per heavy atom. The minimum absolute atomic E-state index is 0.161. The molecule has 4 unspecified atom stereocenters. The van der Waals surface area contributed by atoms with Gasteiger partial charge in [0.15, 0.2) is 0 Å². The molecule has 5 atom stereocenters. The number of hydrogen-bond acceptors (Lipinski definition) is 11. The standard InChI is InChI=1S/C10H17BN5O5PS/c11-22(18)19-1-3-6(21-22)5(17)9(20-3)16-8-4(15-10(16)23)7(12)13-2-14-8/h2-3,5-6,9-10,15,17-18,22-23H,1,11H2,(H2,12,13,14)/t3?,5?,6-,9?,10?/m1/s1. The summed E-state index contributed by atoms with van der Waals surface area (Å²) in [7, 11) is -1.72. The summed E-state index contributed by atoms with van der Waals surface area (Å²) < 4.78 is 16.7. The van der Waals surface area contributed by atoms with Crippen LogP contribution in [-0.2, 0) is 13.8 Å². The maximum absolute atomic E-state index is 10.6. The van der Waals surface area contributed by atoms with E-state index in [1.807, 2.05) is 0 Å². The molecule has 0 saturated carbocycles. The summed E-state index contributed by atoms with van der Waals surface area (Å²) >= 11 is 4.45. The third-order valence-corrected chi connectivity index (χ3v) is 5.88. The number of aliphatic hydroxyl groups is 1. The fourth-order valence-electron chi connectivity index (χ4n) is 3.05. The van der Waals surface area contributed by atoms with E-state index in [0.717, 1.165) is 0 Å². The van der Waals surface area contributed by atoms with Crippen molar-refractivity contribution in [3.63, 3.8) is 0 Å². The average Bonchev–Trinajstić information content (AvgIpc) is 2.97. The van der Waals surface area contributed by atoms with E-state index in [1.165, 1.54) is 13.9 Å². The number of nitrogens with zero attached hydrogens (tertiary/aromatic N) is 3. The molecule has 0 radical (unpaired) electrons. The van der Waals surface area contributed by atoms with Gasteiger partial charge in [0.1, 0.15) is 0 Å². The van der Waals surface area contributed by atoms with Crippen LogP contribution in [0.4, 0.5) is 17.3 Å². The first-order chi connectivity index (χ1) is 10.9. The zero-order valence-corrected chi connectivity index (χ0v) is 14.1. The van der Waals surface area contributed by atoms with Gasteiger partial charge >= 0.3 is 138 Å². The van der Waals surface area contributed by atoms with Crippen molar-refractivity contribution in [3.05, 3.63) is 6.33 Å². The third-order valence-electron chi connectivity index (χ3n) is 4.09. The topological polar surface area (TPSA) is 135 Å². The summed E-state index contributed by atoms with van der Waals surface area (Å²) in [4.78, 5) is 19.8. The van der Waals surface area contributed by atoms with Crippen molar-refractivity contribution in [2.45, 2.75) is 30.0 Å². The summed E-state index contributed by atoms with van der Waals surface area (Å²) in [6, 6.07) is 0. The van der Waals surface area contributed by atoms with Crippen molar-refractivity contribution in [3.8, 4) is 0 Å². The maximum atomic E-state index is 10.6. The fraction of sp³-hybridized carbons (Fsp3) is 0.600. The number of hydrogen-bond donors (Lipinski definition) is 5. The number of nitrogen functional groups attached to an aromatic ring is 1. The van der Waals surface area contributed by atoms with Crippen molar-refractivity contribution in [1.82, 2.24) is 9.97 Å². The molecule has 13 heteroatoms. The van der Waals surface area contributed by atoms with Gasteiger partial charge in [-0.2, -0.15) is 0 Å². The van der Waals surface area contributed by atoms with Crippen LogP contribution in [0.2, 0.25) is 0 Å². The van der Waals surface area contributed by atoms with E-state index in [4.69, 9.17) is 19.5 Å². The second-order valence-electron chi connectivity index (χ2n) is 5.73. The van der Waals surface area contributed by atoms with E-state index in [9.17, 15) is 10.00 Å². The zero-order valence-electron chi connectivity index (χ0n) is 12.2. The summed E-state index contributed by atoms with van der Waals surface area (Å²) in [5, 5.41) is 13.7. The Morgan fingerprint density at radius 3 is 3.09 bits per heavy atom. The molecule has 5 N–H and O–H groups in total. The van der Waals surface area contributed by atoms with Crippen LogP contribution in [-0.4, -0.2) is 64.2 Å². The molecule has 1 aromatic rings. The first-order valence-corrected chi connectivity index (χ1v) is 9.86. The Kier molecular flexibility index (Phi) is 3.61. The number of rotatable bonds is 1. The molecule has 0 aliphatic carbocycles. The number of ether oxygens (including phenoxy) is 1. The predicted molar refractivity (Wildman–Crippen MR) is 89.9 cm³/mol. The van der Waals surface area contributed by atoms with Crippen molar-refractivity contribution in [1.29, 1.82) is 0 Å². The van der Waals surface area contributed by atoms with Gasteiger partial charge in [-0.3, -0.25) is 0 Å². The Labute approximate surface area is 138 Å². The van der Waals surface area contributed by atoms with Gasteiger partial charge in [0, 0.05) is 0 Å². The van der Waals surface area contributed by atoms with Gasteiger partial charge in [0.25, 0.3) is 0 Å². The molecular formula is C10H17BN5O5PS. The van der Waals surface area contributed by atoms with E-state index in [-0.39, 0.29) is 12.4 Å². The fourth-order valence-corrected chi connectivity index (χ4v) is 4.76. The van der Waals surface area contributed by atoms with E-state index >= 15 is 0 Å². The summed E-state index contributed by atoms with van der Waals surface area (Å²) in [5.74, 6) is 0.779. The molecule has 3 aliphatic rings. The van der Waals surface area contributed by atoms with E-state index in [0.29, 0.717) is 11.5 Å². The van der Waals surface area contributed by atoms with E-state index in [1.54, 1.807) is 4.90 Å². The second-order valence-corrected chi connectivity index (χ2v) is 8.54. The Morgan fingerprint density at radius 2 is 2.30 bits per heavy atom. The van der Waals surface area contributed by atoms with Gasteiger partial charge in [-0.15, -0.1) is 0 Å². The number of anilines is 3. The van der Waals surface area contributed by atoms with Gasteiger partial charge in [-0.1, -0.05) is 0 Å². The minimum atomic E-state index is -3.22. The molecule has 0 spiro atoms. The average molecular weight is 361 g/mol. The molecule has 10 nitrogen and oxygen atoms in total.